The van der Waals surface area contributed by atoms with Crippen LogP contribution in [-0.2, 0) is 7.05 Å². The monoisotopic (exact) mass is 238 g/mol. The first-order chi connectivity index (χ1) is 8.66. The van der Waals surface area contributed by atoms with E-state index in [2.05, 4.69) is 15.6 Å². The van der Waals surface area contributed by atoms with Crippen LogP contribution in [0, 0.1) is 12.7 Å². The van der Waals surface area contributed by atoms with E-state index in [-0.39, 0.29) is 5.82 Å². The Morgan fingerprint density at radius 3 is 2.83 bits per heavy atom. The van der Waals surface area contributed by atoms with Crippen molar-refractivity contribution in [3.63, 3.8) is 0 Å². The number of hydrogen-bond donors (Lipinski definition) is 0. The minimum Gasteiger partial charge on any atom is -0.331 e. The summed E-state index contributed by atoms with van der Waals surface area (Å²) in [5, 5.41) is 2.06. The van der Waals surface area contributed by atoms with Crippen LogP contribution in [0.4, 0.5) is 4.39 Å². The van der Waals surface area contributed by atoms with Crippen LogP contribution in [0.25, 0.3) is 33.3 Å². The highest BCUT2D eigenvalue weighted by Gasteiger charge is 2.27. The molecular formula is C15H11FN2. The van der Waals surface area contributed by atoms with Gasteiger partial charge in [0.25, 0.3) is 0 Å². The van der Waals surface area contributed by atoms with Gasteiger partial charge in [0, 0.05) is 23.6 Å². The summed E-state index contributed by atoms with van der Waals surface area (Å²) >= 11 is 0. The molecule has 4 rings (SSSR count). The molecule has 3 heteroatoms. The summed E-state index contributed by atoms with van der Waals surface area (Å²) in [4.78, 5) is 4.57. The van der Waals surface area contributed by atoms with Crippen LogP contribution in [0.5, 0.6) is 0 Å². The van der Waals surface area contributed by atoms with Gasteiger partial charge in [-0.2, -0.15) is 0 Å². The lowest BCUT2D eigenvalue weighted by atomic mass is 10.0. The van der Waals surface area contributed by atoms with Crippen molar-refractivity contribution in [3.05, 3.63) is 42.0 Å². The zero-order valence-electron chi connectivity index (χ0n) is 10.2. The van der Waals surface area contributed by atoms with E-state index >= 15 is 0 Å². The van der Waals surface area contributed by atoms with E-state index in [1.165, 1.54) is 0 Å². The molecule has 1 aromatic heterocycles. The Balaban J connectivity index is 2.27. The van der Waals surface area contributed by atoms with Gasteiger partial charge in [-0.1, -0.05) is 18.2 Å². The fraction of sp³-hybridized carbons (Fsp3) is 0.133. The molecule has 0 N–H and O–H groups in total. The molecule has 2 aromatic carbocycles. The molecule has 0 aliphatic heterocycles. The van der Waals surface area contributed by atoms with Crippen LogP contribution in [0.2, 0.25) is 0 Å². The Kier molecular flexibility index (Phi) is 1.63. The van der Waals surface area contributed by atoms with Crippen LogP contribution < -0.4 is 0 Å². The number of fused-ring (bicyclic) bond motifs is 3. The van der Waals surface area contributed by atoms with E-state index in [0.717, 1.165) is 39.1 Å². The van der Waals surface area contributed by atoms with Crippen LogP contribution in [-0.4, -0.2) is 9.55 Å². The highest BCUT2D eigenvalue weighted by atomic mass is 19.1. The van der Waals surface area contributed by atoms with Gasteiger partial charge >= 0.3 is 0 Å². The Morgan fingerprint density at radius 2 is 2.00 bits per heavy atom. The summed E-state index contributed by atoms with van der Waals surface area (Å²) in [5.74, 6) is 0.748. The zero-order valence-corrected chi connectivity index (χ0v) is 10.2. The third kappa shape index (κ3) is 0.997. The van der Waals surface area contributed by atoms with E-state index < -0.39 is 0 Å². The summed E-state index contributed by atoms with van der Waals surface area (Å²) < 4.78 is 15.7. The molecule has 0 radical (unpaired) electrons. The molecule has 0 bridgehead atoms. The number of aromatic nitrogens is 2. The molecule has 3 aromatic rings. The summed E-state index contributed by atoms with van der Waals surface area (Å²) in [6.45, 7) is 1.97. The van der Waals surface area contributed by atoms with Gasteiger partial charge in [0.2, 0.25) is 0 Å². The van der Waals surface area contributed by atoms with Crippen molar-refractivity contribution in [3.8, 4) is 22.5 Å². The van der Waals surface area contributed by atoms with Gasteiger partial charge in [-0.3, -0.25) is 0 Å². The third-order valence-electron chi connectivity index (χ3n) is 3.77. The quantitative estimate of drug-likeness (QED) is 0.457. The molecular weight excluding hydrogens is 227 g/mol. The fourth-order valence-corrected chi connectivity index (χ4v) is 2.88. The second kappa shape index (κ2) is 2.99. The first kappa shape index (κ1) is 9.83. The molecule has 0 saturated carbocycles. The van der Waals surface area contributed by atoms with Crippen LogP contribution in [0.1, 0.15) is 5.82 Å². The number of nitrogens with zero attached hydrogens (tertiary/aromatic N) is 2. The Bertz CT molecular complexity index is 815. The number of benzene rings is 2. The smallest absolute Gasteiger partial charge is 0.124 e. The Labute approximate surface area is 104 Å². The fourth-order valence-electron chi connectivity index (χ4n) is 2.88. The number of halogens is 1. The summed E-state index contributed by atoms with van der Waals surface area (Å²) in [5.41, 5.74) is 4.07. The van der Waals surface area contributed by atoms with Crippen LogP contribution >= 0.6 is 0 Å². The van der Waals surface area contributed by atoms with Crippen molar-refractivity contribution < 1.29 is 4.39 Å². The lowest BCUT2D eigenvalue weighted by molar-refractivity contribution is 0.630. The van der Waals surface area contributed by atoms with Gasteiger partial charge < -0.3 is 4.57 Å². The van der Waals surface area contributed by atoms with Crippen molar-refractivity contribution >= 4 is 10.8 Å². The molecule has 88 valence electrons. The lowest BCUT2D eigenvalue weighted by Crippen LogP contribution is -1.93. The predicted molar refractivity (Wildman–Crippen MR) is 69.8 cm³/mol. The highest BCUT2D eigenvalue weighted by molar-refractivity contribution is 6.13. The van der Waals surface area contributed by atoms with Crippen molar-refractivity contribution in [1.29, 1.82) is 0 Å². The molecule has 1 aliphatic carbocycles. The number of imidazole rings is 1. The van der Waals surface area contributed by atoms with Crippen molar-refractivity contribution in [1.82, 2.24) is 9.55 Å². The van der Waals surface area contributed by atoms with E-state index in [9.17, 15) is 4.39 Å². The normalized spacial score (nSPS) is 12.2. The minimum absolute atomic E-state index is 0.203. The lowest BCUT2D eigenvalue weighted by Gasteiger charge is -2.05. The van der Waals surface area contributed by atoms with E-state index in [1.807, 2.05) is 26.1 Å². The first-order valence-electron chi connectivity index (χ1n) is 5.93. The summed E-state index contributed by atoms with van der Waals surface area (Å²) in [7, 11) is 2.00. The van der Waals surface area contributed by atoms with Crippen molar-refractivity contribution in [2.75, 3.05) is 0 Å². The molecule has 0 fully saturated rings. The Morgan fingerprint density at radius 1 is 1.17 bits per heavy atom. The molecule has 0 unspecified atom stereocenters. The standard InChI is InChI=1S/C15H11FN2/c1-8-17-14-12-7-10(16)6-9-4-3-5-11(13(9)12)15(14)18(8)2/h3-7H,1-2H3. The molecule has 0 saturated heterocycles. The SMILES string of the molecule is Cc1nc2c(n1C)-c1cccc3cc(F)cc-2c13. The largest absolute Gasteiger partial charge is 0.331 e. The number of aryl methyl sites for hydroxylation is 1. The maximum absolute atomic E-state index is 13.7. The molecule has 0 atom stereocenters. The summed E-state index contributed by atoms with van der Waals surface area (Å²) in [6, 6.07) is 9.17. The molecule has 2 nitrogen and oxygen atoms in total. The Hall–Kier alpha value is -2.16. The summed E-state index contributed by atoms with van der Waals surface area (Å²) in [6.07, 6.45) is 0. The maximum Gasteiger partial charge on any atom is 0.124 e. The number of hydrogen-bond acceptors (Lipinski definition) is 1. The van der Waals surface area contributed by atoms with E-state index in [0.29, 0.717) is 0 Å². The van der Waals surface area contributed by atoms with Gasteiger partial charge in [-0.05, 0) is 24.4 Å². The molecule has 1 aliphatic rings. The van der Waals surface area contributed by atoms with Gasteiger partial charge in [0.05, 0.1) is 11.4 Å². The molecule has 0 spiro atoms. The van der Waals surface area contributed by atoms with Gasteiger partial charge in [-0.15, -0.1) is 0 Å². The first-order valence-corrected chi connectivity index (χ1v) is 5.93. The molecule has 1 heterocycles. The van der Waals surface area contributed by atoms with Crippen LogP contribution in [0.3, 0.4) is 0 Å². The second-order valence-corrected chi connectivity index (χ2v) is 4.77. The van der Waals surface area contributed by atoms with Gasteiger partial charge in [0.1, 0.15) is 11.6 Å². The van der Waals surface area contributed by atoms with Crippen LogP contribution in [0.15, 0.2) is 30.3 Å². The average Bonchev–Trinajstić information content (AvgIpc) is 2.79. The van der Waals surface area contributed by atoms with Gasteiger partial charge in [0.15, 0.2) is 0 Å². The second-order valence-electron chi connectivity index (χ2n) is 4.77. The third-order valence-corrected chi connectivity index (χ3v) is 3.77. The van der Waals surface area contributed by atoms with Gasteiger partial charge in [-0.25, -0.2) is 9.37 Å². The zero-order chi connectivity index (χ0) is 12.4. The minimum atomic E-state index is -0.203. The van der Waals surface area contributed by atoms with E-state index in [4.69, 9.17) is 0 Å². The van der Waals surface area contributed by atoms with Crippen molar-refractivity contribution in [2.24, 2.45) is 7.05 Å². The van der Waals surface area contributed by atoms with E-state index in [1.54, 1.807) is 12.1 Å². The highest BCUT2D eigenvalue weighted by Crippen LogP contribution is 2.46. The maximum atomic E-state index is 13.7. The molecule has 18 heavy (non-hydrogen) atoms. The predicted octanol–water partition coefficient (Wildman–Crippen LogP) is 3.67. The topological polar surface area (TPSA) is 17.8 Å². The number of rotatable bonds is 0. The van der Waals surface area contributed by atoms with Crippen molar-refractivity contribution in [2.45, 2.75) is 6.92 Å². The molecule has 0 amide bonds. The average molecular weight is 238 g/mol.